The third-order valence-electron chi connectivity index (χ3n) is 11.5. The second-order valence-corrected chi connectivity index (χ2v) is 26.0. The summed E-state index contributed by atoms with van der Waals surface area (Å²) in [5, 5.41) is 0. The van der Waals surface area contributed by atoms with Gasteiger partial charge in [-0.1, -0.05) is 131 Å². The molecule has 1 aliphatic rings. The Kier molecular flexibility index (Phi) is 13.3. The van der Waals surface area contributed by atoms with Crippen molar-refractivity contribution >= 4 is 14.0 Å². The fraction of sp³-hybridized carbons (Fsp3) is 0.681. The molecular weight excluding hydrogens is 671 g/mol. The average molecular weight is 746 g/mol. The number of rotatable bonds is 10. The van der Waals surface area contributed by atoms with Gasteiger partial charge in [0.25, 0.3) is 0 Å². The molecule has 3 atom stereocenters. The van der Waals surface area contributed by atoms with E-state index < -0.39 is 14.1 Å². The first-order chi connectivity index (χ1) is 24.1. The van der Waals surface area contributed by atoms with Gasteiger partial charge in [0.15, 0.2) is 0 Å². The van der Waals surface area contributed by atoms with Crippen LogP contribution in [0.4, 0.5) is 0 Å². The summed E-state index contributed by atoms with van der Waals surface area (Å²) in [5.74, 6) is 5.47. The van der Waals surface area contributed by atoms with Crippen LogP contribution in [-0.2, 0) is 31.2 Å². The van der Waals surface area contributed by atoms with Gasteiger partial charge in [-0.2, -0.15) is 0 Å². The summed E-state index contributed by atoms with van der Waals surface area (Å²) in [6.45, 7) is 43.3. The zero-order chi connectivity index (χ0) is 40.8. The van der Waals surface area contributed by atoms with Crippen molar-refractivity contribution in [2.24, 2.45) is 0 Å². The molecule has 0 radical (unpaired) electrons. The molecule has 0 aromatic heterocycles. The molecule has 0 bridgehead atoms. The number of methoxy groups -OCH3 is 2. The van der Waals surface area contributed by atoms with E-state index in [2.05, 4.69) is 165 Å². The summed E-state index contributed by atoms with van der Waals surface area (Å²) < 4.78 is 18.3. The molecule has 0 N–H and O–H groups in total. The van der Waals surface area contributed by atoms with Gasteiger partial charge in [-0.3, -0.25) is 9.69 Å². The number of ether oxygens (including phenoxy) is 3. The molecule has 0 saturated carbocycles. The first-order valence-electron chi connectivity index (χ1n) is 20.0. The maximum Gasteiger partial charge on any atom is 0.326 e. The minimum absolute atomic E-state index is 0.200. The Morgan fingerprint density at radius 1 is 0.660 bits per heavy atom. The van der Waals surface area contributed by atoms with Crippen molar-refractivity contribution in [3.05, 3.63) is 57.6 Å². The van der Waals surface area contributed by atoms with Crippen molar-refractivity contribution in [2.45, 2.75) is 188 Å². The molecule has 0 spiro atoms. The zero-order valence-corrected chi connectivity index (χ0v) is 38.6. The highest BCUT2D eigenvalue weighted by molar-refractivity contribution is 6.90. The summed E-state index contributed by atoms with van der Waals surface area (Å²) in [6, 6.07) is 8.28. The monoisotopic (exact) mass is 746 g/mol. The van der Waals surface area contributed by atoms with Crippen LogP contribution in [0.1, 0.15) is 171 Å². The number of esters is 1. The minimum atomic E-state index is -2.09. The maximum atomic E-state index is 14.1. The van der Waals surface area contributed by atoms with Crippen LogP contribution >= 0.6 is 0 Å². The van der Waals surface area contributed by atoms with E-state index in [1.54, 1.807) is 14.2 Å². The van der Waals surface area contributed by atoms with Crippen LogP contribution in [0.3, 0.4) is 0 Å². The number of hydrogen-bond donors (Lipinski definition) is 0. The SMILES string of the molecule is CCOC(=O)[C@@H]1[C@H](C#C[Si](C(C)C)(C(C)C)C(C)C)N1C(c1cc(C(C)(C)C)c(OC)c(C(C)(C)C)c1)c1cc(C(C)(C)C)c(OC)c(C(C)(C)C)c1. The quantitative estimate of drug-likeness (QED) is 0.105. The van der Waals surface area contributed by atoms with Crippen molar-refractivity contribution in [3.8, 4) is 23.0 Å². The van der Waals surface area contributed by atoms with Crippen LogP contribution < -0.4 is 9.47 Å². The maximum absolute atomic E-state index is 14.1. The van der Waals surface area contributed by atoms with Crippen molar-refractivity contribution in [2.75, 3.05) is 20.8 Å². The third-order valence-corrected chi connectivity index (χ3v) is 17.8. The van der Waals surface area contributed by atoms with Crippen LogP contribution in [0, 0.1) is 11.5 Å². The van der Waals surface area contributed by atoms with E-state index in [4.69, 9.17) is 14.2 Å². The first-order valence-corrected chi connectivity index (χ1v) is 22.3. The molecule has 2 aromatic carbocycles. The lowest BCUT2D eigenvalue weighted by atomic mass is 9.75. The van der Waals surface area contributed by atoms with Gasteiger partial charge in [0, 0.05) is 22.3 Å². The summed E-state index contributed by atoms with van der Waals surface area (Å²) in [4.78, 5) is 16.4. The molecule has 53 heavy (non-hydrogen) atoms. The van der Waals surface area contributed by atoms with E-state index in [0.717, 1.165) is 44.9 Å². The van der Waals surface area contributed by atoms with Gasteiger partial charge in [0.2, 0.25) is 0 Å². The van der Waals surface area contributed by atoms with Gasteiger partial charge < -0.3 is 14.2 Å². The molecule has 0 amide bonds. The van der Waals surface area contributed by atoms with E-state index >= 15 is 0 Å². The molecule has 2 aromatic rings. The zero-order valence-electron chi connectivity index (χ0n) is 37.6. The number of nitrogens with zero attached hydrogens (tertiary/aromatic N) is 1. The molecule has 1 fully saturated rings. The minimum Gasteiger partial charge on any atom is -0.496 e. The Morgan fingerprint density at radius 2 is 0.981 bits per heavy atom. The second-order valence-electron chi connectivity index (χ2n) is 20.5. The number of hydrogen-bond acceptors (Lipinski definition) is 5. The molecule has 1 heterocycles. The van der Waals surface area contributed by atoms with Crippen molar-refractivity contribution in [3.63, 3.8) is 0 Å². The van der Waals surface area contributed by atoms with E-state index in [0.29, 0.717) is 23.2 Å². The lowest BCUT2D eigenvalue weighted by Gasteiger charge is -2.38. The fourth-order valence-electron chi connectivity index (χ4n) is 8.66. The van der Waals surface area contributed by atoms with Gasteiger partial charge in [-0.15, -0.1) is 5.54 Å². The Morgan fingerprint density at radius 3 is 1.23 bits per heavy atom. The first kappa shape index (κ1) is 44.6. The second kappa shape index (κ2) is 15.8. The smallest absolute Gasteiger partial charge is 0.326 e. The highest BCUT2D eigenvalue weighted by Gasteiger charge is 2.58. The lowest BCUT2D eigenvalue weighted by molar-refractivity contribution is -0.143. The topological polar surface area (TPSA) is 47.8 Å². The predicted molar refractivity (Wildman–Crippen MR) is 228 cm³/mol. The Balaban J connectivity index is 2.62. The van der Waals surface area contributed by atoms with Gasteiger partial charge >= 0.3 is 5.97 Å². The predicted octanol–water partition coefficient (Wildman–Crippen LogP) is 11.8. The summed E-state index contributed by atoms with van der Waals surface area (Å²) in [6.07, 6.45) is 0. The number of carbonyl (C=O) groups excluding carboxylic acids is 1. The van der Waals surface area contributed by atoms with Crippen LogP contribution in [0.2, 0.25) is 16.6 Å². The number of carbonyl (C=O) groups is 1. The Hall–Kier alpha value is -2.75. The fourth-order valence-corrected chi connectivity index (χ4v) is 13.9. The Labute approximate surface area is 326 Å². The van der Waals surface area contributed by atoms with Gasteiger partial charge in [0.05, 0.1) is 32.9 Å². The summed E-state index contributed by atoms with van der Waals surface area (Å²) in [7, 11) is 1.48. The molecule has 1 unspecified atom stereocenters. The van der Waals surface area contributed by atoms with Crippen LogP contribution in [-0.4, -0.2) is 51.9 Å². The third kappa shape index (κ3) is 9.04. The van der Waals surface area contributed by atoms with Crippen LogP contribution in [0.25, 0.3) is 0 Å². The molecule has 5 nitrogen and oxygen atoms in total. The normalized spacial score (nSPS) is 18.4. The highest BCUT2D eigenvalue weighted by atomic mass is 28.3. The average Bonchev–Trinajstić information content (AvgIpc) is 3.71. The van der Waals surface area contributed by atoms with Crippen molar-refractivity contribution in [1.29, 1.82) is 0 Å². The summed E-state index contributed by atoms with van der Waals surface area (Å²) >= 11 is 0. The van der Waals surface area contributed by atoms with E-state index in [9.17, 15) is 4.79 Å². The largest absolute Gasteiger partial charge is 0.496 e. The van der Waals surface area contributed by atoms with E-state index in [-0.39, 0.29) is 39.7 Å². The molecule has 1 saturated heterocycles. The summed E-state index contributed by atoms with van der Waals surface area (Å²) in [5.41, 5.74) is 11.5. The van der Waals surface area contributed by atoms with Gasteiger partial charge in [0.1, 0.15) is 25.6 Å². The lowest BCUT2D eigenvalue weighted by Crippen LogP contribution is -2.43. The van der Waals surface area contributed by atoms with Crippen molar-refractivity contribution < 1.29 is 19.0 Å². The molecule has 296 valence electrons. The number of benzene rings is 2. The Bertz CT molecular complexity index is 1510. The standard InChI is InChI=1S/C47H75NO4Si/c1-22-52-43(49)40-38(23-24-53(29(2)3,30(4)5)31(6)7)48(40)39(32-25-34(44(8,9)10)41(50-20)35(26-32)45(11,12)13)33-27-36(46(14,15)16)42(51-21)37(28-33)47(17,18)19/h25-31,38-40H,22H2,1-21H3/t38-,40-,48?/m0/s1. The van der Waals surface area contributed by atoms with E-state index in [1.165, 1.54) is 0 Å². The van der Waals surface area contributed by atoms with Gasteiger partial charge in [-0.05, 0) is 80.6 Å². The molecule has 3 rings (SSSR count). The molecular formula is C47H75NO4Si. The molecule has 6 heteroatoms. The van der Waals surface area contributed by atoms with Gasteiger partial charge in [-0.25, -0.2) is 0 Å². The highest BCUT2D eigenvalue weighted by Crippen LogP contribution is 2.51. The van der Waals surface area contributed by atoms with Crippen LogP contribution in [0.15, 0.2) is 24.3 Å². The van der Waals surface area contributed by atoms with Crippen LogP contribution in [0.5, 0.6) is 11.5 Å². The molecule has 0 aliphatic carbocycles. The van der Waals surface area contributed by atoms with Crippen molar-refractivity contribution in [1.82, 2.24) is 4.90 Å². The van der Waals surface area contributed by atoms with E-state index in [1.807, 2.05) is 6.92 Å². The molecule has 1 aliphatic heterocycles.